The smallest absolute Gasteiger partial charge is 0.151 e. The summed E-state index contributed by atoms with van der Waals surface area (Å²) in [6.07, 6.45) is 1.22. The van der Waals surface area contributed by atoms with E-state index in [9.17, 15) is 8.42 Å². The minimum Gasteiger partial charge on any atom is -0.380 e. The number of thiophene rings is 1. The molecule has 2 aromatic rings. The van der Waals surface area contributed by atoms with Crippen molar-refractivity contribution in [3.05, 3.63) is 51.7 Å². The number of anilines is 1. The van der Waals surface area contributed by atoms with Crippen molar-refractivity contribution in [2.75, 3.05) is 11.6 Å². The van der Waals surface area contributed by atoms with Gasteiger partial charge in [0.25, 0.3) is 0 Å². The zero-order chi connectivity index (χ0) is 14.6. The highest BCUT2D eigenvalue weighted by molar-refractivity contribution is 7.89. The summed E-state index contributed by atoms with van der Waals surface area (Å²) in [4.78, 5) is 1.04. The Labute approximate surface area is 122 Å². The zero-order valence-electron chi connectivity index (χ0n) is 11.0. The number of hydrogen-bond donors (Lipinski definition) is 1. The Morgan fingerprint density at radius 1 is 1.35 bits per heavy atom. The van der Waals surface area contributed by atoms with Gasteiger partial charge in [0.05, 0.1) is 11.3 Å². The fourth-order valence-corrected chi connectivity index (χ4v) is 3.38. The monoisotopic (exact) mass is 306 g/mol. The molecule has 0 aliphatic rings. The Morgan fingerprint density at radius 3 is 2.75 bits per heavy atom. The van der Waals surface area contributed by atoms with Gasteiger partial charge >= 0.3 is 0 Å². The third-order valence-electron chi connectivity index (χ3n) is 2.67. The number of para-hydroxylation sites is 1. The van der Waals surface area contributed by atoms with Crippen LogP contribution in [0.15, 0.2) is 35.7 Å². The summed E-state index contributed by atoms with van der Waals surface area (Å²) in [5, 5.41) is 13.8. The van der Waals surface area contributed by atoms with E-state index in [0.29, 0.717) is 12.1 Å². The standard InChI is InChI=1S/C14H14N2O2S2/c1-20(17,18)10-12-4-2-3-5-14(12)16-8-13-6-11(7-15)9-19-13/h2-6,9,16H,8,10H2,1H3. The van der Waals surface area contributed by atoms with E-state index in [1.54, 1.807) is 11.4 Å². The molecule has 1 aromatic heterocycles. The summed E-state index contributed by atoms with van der Waals surface area (Å²) in [5.41, 5.74) is 2.22. The minimum absolute atomic E-state index is 0.0179. The zero-order valence-corrected chi connectivity index (χ0v) is 12.6. The largest absolute Gasteiger partial charge is 0.380 e. The van der Waals surface area contributed by atoms with Gasteiger partial charge in [-0.25, -0.2) is 8.42 Å². The van der Waals surface area contributed by atoms with Crippen LogP contribution in [-0.4, -0.2) is 14.7 Å². The first-order valence-electron chi connectivity index (χ1n) is 5.95. The van der Waals surface area contributed by atoms with Crippen LogP contribution in [0.5, 0.6) is 0 Å². The van der Waals surface area contributed by atoms with Gasteiger partial charge in [-0.1, -0.05) is 18.2 Å². The topological polar surface area (TPSA) is 70.0 Å². The van der Waals surface area contributed by atoms with Crippen molar-refractivity contribution in [1.82, 2.24) is 0 Å². The molecule has 0 bridgehead atoms. The maximum atomic E-state index is 11.4. The molecule has 0 radical (unpaired) electrons. The van der Waals surface area contributed by atoms with Crippen LogP contribution >= 0.6 is 11.3 Å². The Balaban J connectivity index is 2.11. The summed E-state index contributed by atoms with van der Waals surface area (Å²) < 4.78 is 22.8. The van der Waals surface area contributed by atoms with Crippen molar-refractivity contribution in [2.24, 2.45) is 0 Å². The number of rotatable bonds is 5. The quantitative estimate of drug-likeness (QED) is 0.922. The molecule has 0 spiro atoms. The van der Waals surface area contributed by atoms with Gasteiger partial charge < -0.3 is 5.32 Å². The van der Waals surface area contributed by atoms with Crippen molar-refractivity contribution in [1.29, 1.82) is 5.26 Å². The van der Waals surface area contributed by atoms with E-state index in [2.05, 4.69) is 11.4 Å². The second-order valence-electron chi connectivity index (χ2n) is 4.49. The molecule has 0 saturated carbocycles. The van der Waals surface area contributed by atoms with E-state index in [-0.39, 0.29) is 5.75 Å². The van der Waals surface area contributed by atoms with Crippen LogP contribution < -0.4 is 5.32 Å². The van der Waals surface area contributed by atoms with E-state index in [1.807, 2.05) is 24.3 Å². The molecular weight excluding hydrogens is 292 g/mol. The molecule has 104 valence electrons. The van der Waals surface area contributed by atoms with Gasteiger partial charge in [-0.05, 0) is 17.7 Å². The van der Waals surface area contributed by atoms with Crippen LogP contribution in [-0.2, 0) is 22.1 Å². The number of nitrogens with zero attached hydrogens (tertiary/aromatic N) is 1. The van der Waals surface area contributed by atoms with Gasteiger partial charge in [-0.3, -0.25) is 0 Å². The van der Waals surface area contributed by atoms with Gasteiger partial charge in [0, 0.05) is 28.7 Å². The molecule has 1 N–H and O–H groups in total. The highest BCUT2D eigenvalue weighted by Gasteiger charge is 2.09. The lowest BCUT2D eigenvalue weighted by Crippen LogP contribution is -2.06. The second-order valence-corrected chi connectivity index (χ2v) is 7.63. The Kier molecular flexibility index (Phi) is 4.42. The van der Waals surface area contributed by atoms with Gasteiger partial charge in [0.2, 0.25) is 0 Å². The normalized spacial score (nSPS) is 11.0. The molecule has 0 aliphatic heterocycles. The molecule has 1 heterocycles. The summed E-state index contributed by atoms with van der Waals surface area (Å²) >= 11 is 1.51. The molecule has 20 heavy (non-hydrogen) atoms. The summed E-state index contributed by atoms with van der Waals surface area (Å²) in [6.45, 7) is 0.577. The minimum atomic E-state index is -3.06. The van der Waals surface area contributed by atoms with Crippen molar-refractivity contribution in [2.45, 2.75) is 12.3 Å². The van der Waals surface area contributed by atoms with Crippen LogP contribution in [0.1, 0.15) is 16.0 Å². The van der Waals surface area contributed by atoms with E-state index in [1.165, 1.54) is 17.6 Å². The summed E-state index contributed by atoms with van der Waals surface area (Å²) in [5.74, 6) is 0.0179. The molecule has 0 aliphatic carbocycles. The van der Waals surface area contributed by atoms with E-state index < -0.39 is 9.84 Å². The average molecular weight is 306 g/mol. The van der Waals surface area contributed by atoms with Crippen molar-refractivity contribution < 1.29 is 8.42 Å². The van der Waals surface area contributed by atoms with Crippen LogP contribution in [0.2, 0.25) is 0 Å². The van der Waals surface area contributed by atoms with Crippen LogP contribution in [0.4, 0.5) is 5.69 Å². The Hall–Kier alpha value is -1.84. The van der Waals surface area contributed by atoms with Crippen LogP contribution in [0.25, 0.3) is 0 Å². The lowest BCUT2D eigenvalue weighted by molar-refractivity contribution is 0.601. The third kappa shape index (κ3) is 4.08. The average Bonchev–Trinajstić information content (AvgIpc) is 2.84. The van der Waals surface area contributed by atoms with E-state index in [0.717, 1.165) is 16.1 Å². The van der Waals surface area contributed by atoms with Crippen molar-refractivity contribution >= 4 is 26.9 Å². The first-order valence-corrected chi connectivity index (χ1v) is 8.89. The molecule has 4 nitrogen and oxygen atoms in total. The number of benzene rings is 1. The maximum absolute atomic E-state index is 11.4. The predicted molar refractivity (Wildman–Crippen MR) is 81.4 cm³/mol. The fourth-order valence-electron chi connectivity index (χ4n) is 1.82. The van der Waals surface area contributed by atoms with Crippen molar-refractivity contribution in [3.63, 3.8) is 0 Å². The molecular formula is C14H14N2O2S2. The van der Waals surface area contributed by atoms with Gasteiger partial charge in [0.1, 0.15) is 6.07 Å². The molecule has 0 amide bonds. The van der Waals surface area contributed by atoms with Gasteiger partial charge in [-0.2, -0.15) is 5.26 Å². The third-order valence-corrected chi connectivity index (χ3v) is 4.44. The molecule has 6 heteroatoms. The molecule has 2 rings (SSSR count). The Bertz CT molecular complexity index is 743. The number of nitrogens with one attached hydrogen (secondary N) is 1. The van der Waals surface area contributed by atoms with E-state index >= 15 is 0 Å². The molecule has 0 saturated heterocycles. The summed E-state index contributed by atoms with van der Waals surface area (Å²) in [6, 6.07) is 11.3. The fraction of sp³-hybridized carbons (Fsp3) is 0.214. The van der Waals surface area contributed by atoms with Crippen LogP contribution in [0, 0.1) is 11.3 Å². The van der Waals surface area contributed by atoms with Gasteiger partial charge in [0.15, 0.2) is 9.84 Å². The molecule has 0 fully saturated rings. The highest BCUT2D eigenvalue weighted by Crippen LogP contribution is 2.20. The molecule has 1 aromatic carbocycles. The van der Waals surface area contributed by atoms with Gasteiger partial charge in [-0.15, -0.1) is 11.3 Å². The second kappa shape index (κ2) is 6.07. The molecule has 0 unspecified atom stereocenters. The van der Waals surface area contributed by atoms with Crippen molar-refractivity contribution in [3.8, 4) is 6.07 Å². The lowest BCUT2D eigenvalue weighted by atomic mass is 10.2. The Morgan fingerprint density at radius 2 is 2.10 bits per heavy atom. The maximum Gasteiger partial charge on any atom is 0.151 e. The molecule has 0 atom stereocenters. The first-order chi connectivity index (χ1) is 9.48. The summed E-state index contributed by atoms with van der Waals surface area (Å²) in [7, 11) is -3.06. The highest BCUT2D eigenvalue weighted by atomic mass is 32.2. The number of sulfone groups is 1. The number of nitriles is 1. The lowest BCUT2D eigenvalue weighted by Gasteiger charge is -2.10. The predicted octanol–water partition coefficient (Wildman–Crippen LogP) is 2.78. The van der Waals surface area contributed by atoms with E-state index in [4.69, 9.17) is 5.26 Å². The van der Waals surface area contributed by atoms with Crippen LogP contribution in [0.3, 0.4) is 0 Å². The first kappa shape index (κ1) is 14.6. The SMILES string of the molecule is CS(=O)(=O)Cc1ccccc1NCc1cc(C#N)cs1. The number of hydrogen-bond acceptors (Lipinski definition) is 5.